The van der Waals surface area contributed by atoms with Gasteiger partial charge >= 0.3 is 0 Å². The van der Waals surface area contributed by atoms with Gasteiger partial charge in [0.15, 0.2) is 0 Å². The molecule has 2 heterocycles. The van der Waals surface area contributed by atoms with Crippen LogP contribution in [-0.2, 0) is 11.2 Å². The predicted octanol–water partition coefficient (Wildman–Crippen LogP) is 3.50. The van der Waals surface area contributed by atoms with Crippen molar-refractivity contribution in [3.63, 3.8) is 0 Å². The third kappa shape index (κ3) is 3.50. The van der Waals surface area contributed by atoms with Crippen LogP contribution in [0.4, 0.5) is 0 Å². The summed E-state index contributed by atoms with van der Waals surface area (Å²) in [5, 5.41) is 15.0. The number of nitriles is 1. The van der Waals surface area contributed by atoms with Crippen molar-refractivity contribution in [2.24, 2.45) is 0 Å². The van der Waals surface area contributed by atoms with Crippen molar-refractivity contribution in [3.05, 3.63) is 64.0 Å². The highest BCUT2D eigenvalue weighted by molar-refractivity contribution is 7.10. The number of amides is 1. The van der Waals surface area contributed by atoms with E-state index in [1.54, 1.807) is 6.08 Å². The molecular weight excluding hydrogens is 306 g/mol. The Labute approximate surface area is 138 Å². The highest BCUT2D eigenvalue weighted by Crippen LogP contribution is 2.18. The van der Waals surface area contributed by atoms with Gasteiger partial charge in [-0.1, -0.05) is 24.3 Å². The maximum absolute atomic E-state index is 12.1. The number of H-pyrrole nitrogens is 1. The Balaban J connectivity index is 1.62. The number of hydrogen-bond donors (Lipinski definition) is 2. The number of benzene rings is 1. The summed E-state index contributed by atoms with van der Waals surface area (Å²) < 4.78 is 0. The summed E-state index contributed by atoms with van der Waals surface area (Å²) in [6.45, 7) is 0.490. The first-order valence-electron chi connectivity index (χ1n) is 7.26. The molecular formula is C18H15N3OS. The zero-order valence-corrected chi connectivity index (χ0v) is 13.2. The highest BCUT2D eigenvalue weighted by atomic mass is 32.1. The van der Waals surface area contributed by atoms with Crippen LogP contribution in [0.15, 0.2) is 53.5 Å². The summed E-state index contributed by atoms with van der Waals surface area (Å²) in [6, 6.07) is 13.8. The van der Waals surface area contributed by atoms with Crippen LogP contribution in [0.25, 0.3) is 17.0 Å². The normalized spacial score (nSPS) is 11.3. The number of nitrogens with zero attached hydrogens (tertiary/aromatic N) is 1. The average Bonchev–Trinajstić information content (AvgIpc) is 3.22. The second-order valence-electron chi connectivity index (χ2n) is 5.05. The summed E-state index contributed by atoms with van der Waals surface area (Å²) in [5.74, 6) is -0.333. The lowest BCUT2D eigenvalue weighted by Crippen LogP contribution is -2.26. The third-order valence-electron chi connectivity index (χ3n) is 3.55. The summed E-state index contributed by atoms with van der Waals surface area (Å²) >= 11 is 1.50. The molecule has 2 N–H and O–H groups in total. The number of nitrogens with one attached hydrogen (secondary N) is 2. The summed E-state index contributed by atoms with van der Waals surface area (Å²) in [5.41, 5.74) is 2.37. The lowest BCUT2D eigenvalue weighted by molar-refractivity contribution is -0.117. The van der Waals surface area contributed by atoms with Crippen LogP contribution in [0.5, 0.6) is 0 Å². The Morgan fingerprint density at radius 1 is 1.30 bits per heavy atom. The fourth-order valence-electron chi connectivity index (χ4n) is 2.41. The first kappa shape index (κ1) is 15.1. The molecule has 0 spiro atoms. The molecule has 0 aliphatic heterocycles. The smallest absolute Gasteiger partial charge is 0.261 e. The standard InChI is InChI=1S/C18H15N3OS/c19-11-14(10-15-4-3-9-23-15)18(22)20-8-7-13-12-21-17-6-2-1-5-16(13)17/h1-6,9-10,12,21H,7-8H2,(H,20,22). The molecule has 2 aromatic heterocycles. The van der Waals surface area contributed by atoms with Gasteiger partial charge in [0, 0.05) is 28.5 Å². The number of para-hydroxylation sites is 1. The summed E-state index contributed by atoms with van der Waals surface area (Å²) in [6.07, 6.45) is 4.29. The van der Waals surface area contributed by atoms with E-state index >= 15 is 0 Å². The number of hydrogen-bond acceptors (Lipinski definition) is 3. The lowest BCUT2D eigenvalue weighted by Gasteiger charge is -2.03. The first-order chi connectivity index (χ1) is 11.3. The van der Waals surface area contributed by atoms with E-state index in [0.717, 1.165) is 21.3 Å². The largest absolute Gasteiger partial charge is 0.361 e. The molecule has 0 atom stereocenters. The van der Waals surface area contributed by atoms with E-state index in [1.807, 2.05) is 48.0 Å². The molecule has 1 aromatic carbocycles. The van der Waals surface area contributed by atoms with Gasteiger partial charge in [0.05, 0.1) is 0 Å². The Hall–Kier alpha value is -2.84. The Kier molecular flexibility index (Phi) is 4.55. The van der Waals surface area contributed by atoms with E-state index in [2.05, 4.69) is 16.4 Å². The van der Waals surface area contributed by atoms with Gasteiger partial charge in [-0.3, -0.25) is 4.79 Å². The van der Waals surface area contributed by atoms with Gasteiger partial charge in [-0.25, -0.2) is 0 Å². The van der Waals surface area contributed by atoms with Crippen molar-refractivity contribution in [2.75, 3.05) is 6.54 Å². The van der Waals surface area contributed by atoms with Gasteiger partial charge in [-0.15, -0.1) is 11.3 Å². The van der Waals surface area contributed by atoms with Gasteiger partial charge < -0.3 is 10.3 Å². The van der Waals surface area contributed by atoms with Crippen LogP contribution in [0, 0.1) is 11.3 Å². The van der Waals surface area contributed by atoms with Gasteiger partial charge in [-0.05, 0) is 35.6 Å². The molecule has 0 aliphatic carbocycles. The molecule has 0 unspecified atom stereocenters. The lowest BCUT2D eigenvalue weighted by atomic mass is 10.1. The minimum atomic E-state index is -0.333. The monoisotopic (exact) mass is 321 g/mol. The Morgan fingerprint density at radius 2 is 2.17 bits per heavy atom. The van der Waals surface area contributed by atoms with E-state index in [4.69, 9.17) is 5.26 Å². The van der Waals surface area contributed by atoms with Crippen LogP contribution in [0.2, 0.25) is 0 Å². The number of aromatic amines is 1. The van der Waals surface area contributed by atoms with Crippen molar-refractivity contribution in [1.29, 1.82) is 5.26 Å². The van der Waals surface area contributed by atoms with Crippen LogP contribution in [0.1, 0.15) is 10.4 Å². The maximum Gasteiger partial charge on any atom is 0.261 e. The summed E-state index contributed by atoms with van der Waals surface area (Å²) in [4.78, 5) is 16.2. The predicted molar refractivity (Wildman–Crippen MR) is 92.9 cm³/mol. The van der Waals surface area contributed by atoms with E-state index in [-0.39, 0.29) is 11.5 Å². The Morgan fingerprint density at radius 3 is 2.96 bits per heavy atom. The average molecular weight is 321 g/mol. The van der Waals surface area contributed by atoms with E-state index in [0.29, 0.717) is 13.0 Å². The van der Waals surface area contributed by atoms with Crippen LogP contribution in [0.3, 0.4) is 0 Å². The van der Waals surface area contributed by atoms with Crippen LogP contribution in [-0.4, -0.2) is 17.4 Å². The maximum atomic E-state index is 12.1. The molecule has 0 bridgehead atoms. The number of fused-ring (bicyclic) bond motifs is 1. The zero-order valence-electron chi connectivity index (χ0n) is 12.4. The fourth-order valence-corrected chi connectivity index (χ4v) is 3.07. The number of thiophene rings is 1. The molecule has 0 radical (unpaired) electrons. The van der Waals surface area contributed by atoms with E-state index in [1.165, 1.54) is 11.3 Å². The van der Waals surface area contributed by atoms with Gasteiger partial charge in [-0.2, -0.15) is 5.26 Å². The molecule has 0 saturated heterocycles. The van der Waals surface area contributed by atoms with Crippen molar-refractivity contribution in [3.8, 4) is 6.07 Å². The van der Waals surface area contributed by atoms with Gasteiger partial charge in [0.25, 0.3) is 5.91 Å². The molecule has 4 nitrogen and oxygen atoms in total. The minimum Gasteiger partial charge on any atom is -0.361 e. The van der Waals surface area contributed by atoms with Crippen LogP contribution < -0.4 is 5.32 Å². The molecule has 3 aromatic rings. The van der Waals surface area contributed by atoms with E-state index in [9.17, 15) is 4.79 Å². The van der Waals surface area contributed by atoms with E-state index < -0.39 is 0 Å². The first-order valence-corrected chi connectivity index (χ1v) is 8.14. The molecule has 0 aliphatic rings. The molecule has 0 fully saturated rings. The quantitative estimate of drug-likeness (QED) is 0.558. The molecule has 5 heteroatoms. The van der Waals surface area contributed by atoms with Gasteiger partial charge in [0.1, 0.15) is 11.6 Å². The number of aromatic nitrogens is 1. The summed E-state index contributed by atoms with van der Waals surface area (Å²) in [7, 11) is 0. The molecule has 1 amide bonds. The fraction of sp³-hybridized carbons (Fsp3) is 0.111. The van der Waals surface area contributed by atoms with Crippen molar-refractivity contribution >= 4 is 34.2 Å². The Bertz CT molecular complexity index is 885. The third-order valence-corrected chi connectivity index (χ3v) is 4.37. The minimum absolute atomic E-state index is 0.131. The van der Waals surface area contributed by atoms with Crippen molar-refractivity contribution in [1.82, 2.24) is 10.3 Å². The molecule has 114 valence electrons. The van der Waals surface area contributed by atoms with Gasteiger partial charge in [0.2, 0.25) is 0 Å². The SMILES string of the molecule is N#CC(=Cc1cccs1)C(=O)NCCc1c[nH]c2ccccc12. The van der Waals surface area contributed by atoms with Crippen LogP contribution >= 0.6 is 11.3 Å². The number of carbonyl (C=O) groups excluding carboxylic acids is 1. The number of carbonyl (C=O) groups is 1. The molecule has 0 saturated carbocycles. The topological polar surface area (TPSA) is 68.7 Å². The zero-order chi connectivity index (χ0) is 16.1. The second-order valence-corrected chi connectivity index (χ2v) is 6.03. The number of rotatable bonds is 5. The molecule has 23 heavy (non-hydrogen) atoms. The van der Waals surface area contributed by atoms with Crippen molar-refractivity contribution in [2.45, 2.75) is 6.42 Å². The van der Waals surface area contributed by atoms with Crippen molar-refractivity contribution < 1.29 is 4.79 Å². The highest BCUT2D eigenvalue weighted by Gasteiger charge is 2.09. The molecule has 3 rings (SSSR count). The second kappa shape index (κ2) is 6.95.